The summed E-state index contributed by atoms with van der Waals surface area (Å²) < 4.78 is 0. The zero-order valence-electron chi connectivity index (χ0n) is 9.41. The Morgan fingerprint density at radius 3 is 2.44 bits per heavy atom. The van der Waals surface area contributed by atoms with Gasteiger partial charge in [0.15, 0.2) is 5.84 Å². The van der Waals surface area contributed by atoms with Gasteiger partial charge in [-0.2, -0.15) is 5.10 Å². The standard InChI is InChI=1S/C10H16N4O2/c1-3-7(8(11)15)9(14-12-2)13-10(16)6-4-5-6/h3,6,12H,4-5H2,1-2H3,(H2,11,15)(H,13,14,16)/b7-3-. The number of nitrogens with one attached hydrogen (secondary N) is 2. The molecule has 0 heterocycles. The minimum Gasteiger partial charge on any atom is -0.365 e. The van der Waals surface area contributed by atoms with Crippen molar-refractivity contribution in [3.05, 3.63) is 11.6 Å². The predicted octanol–water partition coefficient (Wildman–Crippen LogP) is -0.523. The number of primary amides is 1. The molecule has 1 aliphatic carbocycles. The lowest BCUT2D eigenvalue weighted by molar-refractivity contribution is -0.120. The number of carbonyl (C=O) groups is 2. The first kappa shape index (κ1) is 12.2. The molecule has 4 N–H and O–H groups in total. The smallest absolute Gasteiger partial charge is 0.252 e. The maximum atomic E-state index is 11.5. The van der Waals surface area contributed by atoms with Crippen molar-refractivity contribution in [2.45, 2.75) is 19.8 Å². The minimum absolute atomic E-state index is 0.0491. The van der Waals surface area contributed by atoms with Gasteiger partial charge >= 0.3 is 0 Å². The van der Waals surface area contributed by atoms with Gasteiger partial charge in [-0.1, -0.05) is 6.08 Å². The van der Waals surface area contributed by atoms with Gasteiger partial charge in [0.05, 0.1) is 5.57 Å². The van der Waals surface area contributed by atoms with Crippen molar-refractivity contribution in [2.75, 3.05) is 7.05 Å². The molecule has 0 atom stereocenters. The van der Waals surface area contributed by atoms with Crippen LogP contribution in [0.2, 0.25) is 0 Å². The van der Waals surface area contributed by atoms with E-state index >= 15 is 0 Å². The van der Waals surface area contributed by atoms with Crippen LogP contribution in [0, 0.1) is 5.92 Å². The Morgan fingerprint density at radius 2 is 2.06 bits per heavy atom. The molecule has 6 heteroatoms. The van der Waals surface area contributed by atoms with E-state index in [2.05, 4.69) is 15.8 Å². The Balaban J connectivity index is 2.77. The molecule has 0 spiro atoms. The van der Waals surface area contributed by atoms with Crippen LogP contribution in [0.4, 0.5) is 0 Å². The molecular weight excluding hydrogens is 208 g/mol. The minimum atomic E-state index is -0.618. The third-order valence-electron chi connectivity index (χ3n) is 2.22. The normalized spacial score (nSPS) is 16.9. The summed E-state index contributed by atoms with van der Waals surface area (Å²) in [5, 5.41) is 6.42. The molecular formula is C10H16N4O2. The topological polar surface area (TPSA) is 96.6 Å². The Bertz CT molecular complexity index is 356. The van der Waals surface area contributed by atoms with Gasteiger partial charge < -0.3 is 16.5 Å². The second kappa shape index (κ2) is 5.29. The summed E-state index contributed by atoms with van der Waals surface area (Å²) in [6.07, 6.45) is 3.30. The lowest BCUT2D eigenvalue weighted by Gasteiger charge is -2.09. The first-order valence-electron chi connectivity index (χ1n) is 5.12. The summed E-state index contributed by atoms with van der Waals surface area (Å²) in [7, 11) is 1.58. The molecule has 0 aliphatic heterocycles. The largest absolute Gasteiger partial charge is 0.365 e. The molecule has 6 nitrogen and oxygen atoms in total. The number of hydrogen-bond acceptors (Lipinski definition) is 4. The van der Waals surface area contributed by atoms with E-state index in [-0.39, 0.29) is 23.2 Å². The van der Waals surface area contributed by atoms with Crippen molar-refractivity contribution in [1.82, 2.24) is 10.7 Å². The summed E-state index contributed by atoms with van der Waals surface area (Å²) >= 11 is 0. The lowest BCUT2D eigenvalue weighted by atomic mass is 10.2. The van der Waals surface area contributed by atoms with E-state index in [1.54, 1.807) is 14.0 Å². The number of allylic oxidation sites excluding steroid dienone is 1. The van der Waals surface area contributed by atoms with Gasteiger partial charge in [0.2, 0.25) is 5.91 Å². The van der Waals surface area contributed by atoms with E-state index in [9.17, 15) is 9.59 Å². The van der Waals surface area contributed by atoms with Crippen molar-refractivity contribution in [3.63, 3.8) is 0 Å². The molecule has 0 saturated heterocycles. The molecule has 1 rings (SSSR count). The number of amidine groups is 1. The second-order valence-corrected chi connectivity index (χ2v) is 3.51. The van der Waals surface area contributed by atoms with Gasteiger partial charge in [0.25, 0.3) is 5.91 Å². The van der Waals surface area contributed by atoms with E-state index < -0.39 is 5.91 Å². The summed E-state index contributed by atoms with van der Waals surface area (Å²) in [5.41, 5.74) is 7.90. The second-order valence-electron chi connectivity index (χ2n) is 3.51. The molecule has 1 saturated carbocycles. The molecule has 0 aromatic carbocycles. The quantitative estimate of drug-likeness (QED) is 0.259. The molecule has 0 aromatic rings. The zero-order chi connectivity index (χ0) is 12.1. The molecule has 0 radical (unpaired) electrons. The number of hydrogen-bond donors (Lipinski definition) is 3. The van der Waals surface area contributed by atoms with Crippen molar-refractivity contribution in [3.8, 4) is 0 Å². The van der Waals surface area contributed by atoms with Gasteiger partial charge in [-0.3, -0.25) is 9.59 Å². The average Bonchev–Trinajstić information content (AvgIpc) is 3.01. The highest BCUT2D eigenvalue weighted by Gasteiger charge is 2.31. The summed E-state index contributed by atoms with van der Waals surface area (Å²) in [6, 6.07) is 0. The molecule has 1 aliphatic rings. The highest BCUT2D eigenvalue weighted by Crippen LogP contribution is 2.28. The molecule has 0 bridgehead atoms. The van der Waals surface area contributed by atoms with E-state index in [4.69, 9.17) is 5.73 Å². The van der Waals surface area contributed by atoms with Crippen molar-refractivity contribution >= 4 is 17.6 Å². The van der Waals surface area contributed by atoms with Gasteiger partial charge in [-0.05, 0) is 19.8 Å². The Morgan fingerprint density at radius 1 is 1.44 bits per heavy atom. The van der Waals surface area contributed by atoms with Gasteiger partial charge in [-0.15, -0.1) is 0 Å². The molecule has 0 aromatic heterocycles. The van der Waals surface area contributed by atoms with Crippen LogP contribution in [-0.2, 0) is 9.59 Å². The monoisotopic (exact) mass is 224 g/mol. The van der Waals surface area contributed by atoms with Crippen LogP contribution in [0.1, 0.15) is 19.8 Å². The van der Waals surface area contributed by atoms with Crippen LogP contribution in [0.5, 0.6) is 0 Å². The summed E-state index contributed by atoms with van der Waals surface area (Å²) in [6.45, 7) is 1.66. The van der Waals surface area contributed by atoms with Crippen LogP contribution in [-0.4, -0.2) is 24.7 Å². The molecule has 2 amide bonds. The van der Waals surface area contributed by atoms with Crippen LogP contribution in [0.3, 0.4) is 0 Å². The number of carbonyl (C=O) groups excluding carboxylic acids is 2. The number of amides is 2. The van der Waals surface area contributed by atoms with E-state index in [1.165, 1.54) is 6.08 Å². The molecule has 16 heavy (non-hydrogen) atoms. The Hall–Kier alpha value is -1.85. The van der Waals surface area contributed by atoms with Gasteiger partial charge in [-0.25, -0.2) is 0 Å². The Labute approximate surface area is 94.0 Å². The van der Waals surface area contributed by atoms with E-state index in [0.29, 0.717) is 0 Å². The number of rotatable bonds is 4. The highest BCUT2D eigenvalue weighted by molar-refractivity contribution is 6.23. The SMILES string of the molecule is C/C=C(C(N)=O)\C(=N/NC)NC(=O)C1CC1. The highest BCUT2D eigenvalue weighted by atomic mass is 16.2. The van der Waals surface area contributed by atoms with Gasteiger partial charge in [0.1, 0.15) is 0 Å². The fraction of sp³-hybridized carbons (Fsp3) is 0.500. The number of nitrogens with two attached hydrogens (primary N) is 1. The van der Waals surface area contributed by atoms with Crippen LogP contribution >= 0.6 is 0 Å². The number of hydrazone groups is 1. The van der Waals surface area contributed by atoms with Crippen LogP contribution < -0.4 is 16.5 Å². The average molecular weight is 224 g/mol. The third kappa shape index (κ3) is 3.08. The summed E-state index contributed by atoms with van der Waals surface area (Å²) in [4.78, 5) is 22.6. The third-order valence-corrected chi connectivity index (χ3v) is 2.22. The lowest BCUT2D eigenvalue weighted by Crippen LogP contribution is -2.37. The molecule has 1 fully saturated rings. The van der Waals surface area contributed by atoms with Gasteiger partial charge in [0, 0.05) is 13.0 Å². The maximum Gasteiger partial charge on any atom is 0.252 e. The summed E-state index contributed by atoms with van der Waals surface area (Å²) in [5.74, 6) is -0.510. The van der Waals surface area contributed by atoms with E-state index in [0.717, 1.165) is 12.8 Å². The maximum absolute atomic E-state index is 11.5. The molecule has 0 unspecified atom stereocenters. The predicted molar refractivity (Wildman–Crippen MR) is 60.3 cm³/mol. The molecule has 88 valence electrons. The van der Waals surface area contributed by atoms with Crippen molar-refractivity contribution in [2.24, 2.45) is 16.8 Å². The first-order valence-corrected chi connectivity index (χ1v) is 5.12. The van der Waals surface area contributed by atoms with E-state index in [1.807, 2.05) is 0 Å². The van der Waals surface area contributed by atoms with Crippen molar-refractivity contribution in [1.29, 1.82) is 0 Å². The first-order chi connectivity index (χ1) is 7.60. The fourth-order valence-corrected chi connectivity index (χ4v) is 1.23. The fourth-order valence-electron chi connectivity index (χ4n) is 1.23. The zero-order valence-corrected chi connectivity index (χ0v) is 9.41. The number of nitrogens with zero attached hydrogens (tertiary/aromatic N) is 1. The van der Waals surface area contributed by atoms with Crippen LogP contribution in [0.25, 0.3) is 0 Å². The van der Waals surface area contributed by atoms with Crippen molar-refractivity contribution < 1.29 is 9.59 Å². The van der Waals surface area contributed by atoms with Crippen LogP contribution in [0.15, 0.2) is 16.8 Å². The Kier molecular flexibility index (Phi) is 4.04.